The van der Waals surface area contributed by atoms with E-state index in [4.69, 9.17) is 16.3 Å². The monoisotopic (exact) mass is 201 g/mol. The van der Waals surface area contributed by atoms with Gasteiger partial charge in [-0.25, -0.2) is 4.79 Å². The molecule has 0 bridgehead atoms. The van der Waals surface area contributed by atoms with E-state index >= 15 is 0 Å². The van der Waals surface area contributed by atoms with Crippen LogP contribution >= 0.6 is 11.6 Å². The Morgan fingerprint density at radius 2 is 2.46 bits per heavy atom. The number of unbranched alkanes of at least 4 members (excludes halogenated alkanes) is 1. The minimum atomic E-state index is -0.347. The Kier molecular flexibility index (Phi) is 3.83. The zero-order chi connectivity index (χ0) is 9.68. The lowest BCUT2D eigenvalue weighted by atomic mass is 10.3. The number of halogens is 1. The Labute approximate surface area is 82.0 Å². The topological polar surface area (TPSA) is 42.1 Å². The molecule has 0 saturated heterocycles. The third-order valence-electron chi connectivity index (χ3n) is 1.60. The van der Waals surface area contributed by atoms with E-state index in [0.29, 0.717) is 17.3 Å². The van der Waals surface area contributed by atoms with Crippen molar-refractivity contribution >= 4 is 17.6 Å². The van der Waals surface area contributed by atoms with E-state index in [2.05, 4.69) is 4.98 Å². The van der Waals surface area contributed by atoms with Crippen molar-refractivity contribution in [1.29, 1.82) is 0 Å². The standard InChI is InChI=1S/C9H12ClNO2/c1-2-3-4-13-9(12)8-5-7(10)6-11-8/h5-6,11H,2-4H2,1H3. The second-order valence-corrected chi connectivity index (χ2v) is 3.16. The van der Waals surface area contributed by atoms with E-state index in [1.54, 1.807) is 12.3 Å². The van der Waals surface area contributed by atoms with E-state index < -0.39 is 0 Å². The number of nitrogens with one attached hydrogen (secondary N) is 1. The quantitative estimate of drug-likeness (QED) is 0.601. The summed E-state index contributed by atoms with van der Waals surface area (Å²) < 4.78 is 4.95. The first kappa shape index (κ1) is 10.1. The largest absolute Gasteiger partial charge is 0.461 e. The molecule has 0 atom stereocenters. The van der Waals surface area contributed by atoms with Crippen molar-refractivity contribution in [2.45, 2.75) is 19.8 Å². The van der Waals surface area contributed by atoms with Crippen LogP contribution in [0.25, 0.3) is 0 Å². The molecule has 4 heteroatoms. The van der Waals surface area contributed by atoms with Crippen molar-refractivity contribution in [1.82, 2.24) is 4.98 Å². The van der Waals surface area contributed by atoms with E-state index in [9.17, 15) is 4.79 Å². The van der Waals surface area contributed by atoms with E-state index in [-0.39, 0.29) is 5.97 Å². The zero-order valence-corrected chi connectivity index (χ0v) is 8.23. The highest BCUT2D eigenvalue weighted by atomic mass is 35.5. The average molecular weight is 202 g/mol. The molecule has 3 nitrogen and oxygen atoms in total. The number of hydrogen-bond donors (Lipinski definition) is 1. The summed E-state index contributed by atoms with van der Waals surface area (Å²) in [5.41, 5.74) is 0.404. The normalized spacial score (nSPS) is 10.0. The van der Waals surface area contributed by atoms with Crippen molar-refractivity contribution in [2.24, 2.45) is 0 Å². The summed E-state index contributed by atoms with van der Waals surface area (Å²) >= 11 is 5.63. The highest BCUT2D eigenvalue weighted by molar-refractivity contribution is 6.30. The number of H-pyrrole nitrogens is 1. The number of aromatic nitrogens is 1. The Hall–Kier alpha value is -0.960. The first-order valence-corrected chi connectivity index (χ1v) is 4.63. The molecule has 1 heterocycles. The summed E-state index contributed by atoms with van der Waals surface area (Å²) in [6, 6.07) is 1.55. The van der Waals surface area contributed by atoms with Gasteiger partial charge in [0.15, 0.2) is 0 Å². The van der Waals surface area contributed by atoms with Crippen molar-refractivity contribution < 1.29 is 9.53 Å². The van der Waals surface area contributed by atoms with Crippen molar-refractivity contribution in [3.05, 3.63) is 23.0 Å². The van der Waals surface area contributed by atoms with Gasteiger partial charge in [-0.05, 0) is 12.5 Å². The summed E-state index contributed by atoms with van der Waals surface area (Å²) in [7, 11) is 0. The van der Waals surface area contributed by atoms with Crippen LogP contribution in [0.2, 0.25) is 5.02 Å². The van der Waals surface area contributed by atoms with Crippen LogP contribution in [0, 0.1) is 0 Å². The van der Waals surface area contributed by atoms with Crippen molar-refractivity contribution in [3.63, 3.8) is 0 Å². The predicted octanol–water partition coefficient (Wildman–Crippen LogP) is 2.62. The fraction of sp³-hybridized carbons (Fsp3) is 0.444. The van der Waals surface area contributed by atoms with Gasteiger partial charge in [-0.15, -0.1) is 0 Å². The summed E-state index contributed by atoms with van der Waals surface area (Å²) in [6.45, 7) is 2.51. The molecular weight excluding hydrogens is 190 g/mol. The fourth-order valence-corrected chi connectivity index (χ4v) is 1.04. The molecule has 0 spiro atoms. The van der Waals surface area contributed by atoms with Crippen LogP contribution in [0.3, 0.4) is 0 Å². The third-order valence-corrected chi connectivity index (χ3v) is 1.82. The van der Waals surface area contributed by atoms with Gasteiger partial charge in [-0.1, -0.05) is 24.9 Å². The van der Waals surface area contributed by atoms with Gasteiger partial charge >= 0.3 is 5.97 Å². The third kappa shape index (κ3) is 3.11. The number of ether oxygens (including phenoxy) is 1. The molecule has 0 aliphatic rings. The molecular formula is C9H12ClNO2. The molecule has 13 heavy (non-hydrogen) atoms. The molecule has 1 N–H and O–H groups in total. The Bertz CT molecular complexity index is 283. The summed E-state index contributed by atoms with van der Waals surface area (Å²) in [6.07, 6.45) is 3.46. The number of aromatic amines is 1. The minimum absolute atomic E-state index is 0.347. The maximum absolute atomic E-state index is 11.2. The molecule has 0 fully saturated rings. The second kappa shape index (κ2) is 4.92. The van der Waals surface area contributed by atoms with Crippen LogP contribution in [0.4, 0.5) is 0 Å². The summed E-state index contributed by atoms with van der Waals surface area (Å²) in [5.74, 6) is -0.347. The zero-order valence-electron chi connectivity index (χ0n) is 7.47. The molecule has 0 radical (unpaired) electrons. The first-order valence-electron chi connectivity index (χ1n) is 4.25. The van der Waals surface area contributed by atoms with E-state index in [0.717, 1.165) is 12.8 Å². The summed E-state index contributed by atoms with van der Waals surface area (Å²) in [4.78, 5) is 13.9. The molecule has 72 valence electrons. The molecule has 0 saturated carbocycles. The molecule has 0 amide bonds. The van der Waals surface area contributed by atoms with Crippen molar-refractivity contribution in [2.75, 3.05) is 6.61 Å². The van der Waals surface area contributed by atoms with Crippen LogP contribution < -0.4 is 0 Å². The number of hydrogen-bond acceptors (Lipinski definition) is 2. The van der Waals surface area contributed by atoms with E-state index in [1.165, 1.54) is 0 Å². The lowest BCUT2D eigenvalue weighted by Crippen LogP contribution is -2.06. The van der Waals surface area contributed by atoms with Gasteiger partial charge < -0.3 is 9.72 Å². The van der Waals surface area contributed by atoms with Crippen LogP contribution in [0.5, 0.6) is 0 Å². The number of rotatable bonds is 4. The number of carbonyl (C=O) groups is 1. The van der Waals surface area contributed by atoms with Crippen LogP contribution in [0.1, 0.15) is 30.3 Å². The minimum Gasteiger partial charge on any atom is -0.461 e. The second-order valence-electron chi connectivity index (χ2n) is 2.72. The highest BCUT2D eigenvalue weighted by Gasteiger charge is 2.08. The Balaban J connectivity index is 2.40. The lowest BCUT2D eigenvalue weighted by Gasteiger charge is -2.00. The van der Waals surface area contributed by atoms with Crippen molar-refractivity contribution in [3.8, 4) is 0 Å². The predicted molar refractivity (Wildman–Crippen MR) is 51.0 cm³/mol. The molecule has 0 aliphatic heterocycles. The van der Waals surface area contributed by atoms with Crippen LogP contribution in [-0.4, -0.2) is 17.6 Å². The van der Waals surface area contributed by atoms with E-state index in [1.807, 2.05) is 6.92 Å². The summed E-state index contributed by atoms with van der Waals surface area (Å²) in [5, 5.41) is 0.516. The Morgan fingerprint density at radius 3 is 3.00 bits per heavy atom. The van der Waals surface area contributed by atoms with Gasteiger partial charge in [0.2, 0.25) is 0 Å². The average Bonchev–Trinajstić information content (AvgIpc) is 2.52. The van der Waals surface area contributed by atoms with Gasteiger partial charge in [-0.3, -0.25) is 0 Å². The van der Waals surface area contributed by atoms with Crippen LogP contribution in [-0.2, 0) is 4.74 Å². The molecule has 1 aromatic heterocycles. The first-order chi connectivity index (χ1) is 6.24. The Morgan fingerprint density at radius 1 is 1.69 bits per heavy atom. The molecule has 0 aliphatic carbocycles. The molecule has 1 aromatic rings. The van der Waals surface area contributed by atoms with Gasteiger partial charge in [0.05, 0.1) is 11.6 Å². The SMILES string of the molecule is CCCCOC(=O)c1cc(Cl)c[nH]1. The molecule has 1 rings (SSSR count). The van der Waals surface area contributed by atoms with Gasteiger partial charge in [0, 0.05) is 6.20 Å². The maximum Gasteiger partial charge on any atom is 0.354 e. The fourth-order valence-electron chi connectivity index (χ4n) is 0.873. The highest BCUT2D eigenvalue weighted by Crippen LogP contribution is 2.10. The number of esters is 1. The van der Waals surface area contributed by atoms with Gasteiger partial charge in [-0.2, -0.15) is 0 Å². The lowest BCUT2D eigenvalue weighted by molar-refractivity contribution is 0.0493. The van der Waals surface area contributed by atoms with Crippen LogP contribution in [0.15, 0.2) is 12.3 Å². The smallest absolute Gasteiger partial charge is 0.354 e. The van der Waals surface area contributed by atoms with Gasteiger partial charge in [0.1, 0.15) is 5.69 Å². The number of carbonyl (C=O) groups excluding carboxylic acids is 1. The van der Waals surface area contributed by atoms with Gasteiger partial charge in [0.25, 0.3) is 0 Å². The maximum atomic E-state index is 11.2. The molecule has 0 aromatic carbocycles. The molecule has 0 unspecified atom stereocenters.